The molecule has 0 spiro atoms. The molecule has 0 atom stereocenters. The van der Waals surface area contributed by atoms with E-state index in [1.807, 2.05) is 13.0 Å². The van der Waals surface area contributed by atoms with Crippen molar-refractivity contribution in [2.45, 2.75) is 19.8 Å². The number of rotatable bonds is 5. The lowest BCUT2D eigenvalue weighted by atomic mass is 10.1. The van der Waals surface area contributed by atoms with E-state index in [1.165, 1.54) is 17.3 Å². The summed E-state index contributed by atoms with van der Waals surface area (Å²) in [5.74, 6) is 0.686. The number of aromatic nitrogens is 2. The summed E-state index contributed by atoms with van der Waals surface area (Å²) in [7, 11) is 2.12. The maximum atomic E-state index is 5.69. The van der Waals surface area contributed by atoms with Crippen molar-refractivity contribution in [3.05, 3.63) is 23.9 Å². The van der Waals surface area contributed by atoms with Crippen molar-refractivity contribution >= 4 is 17.3 Å². The maximum absolute atomic E-state index is 5.69. The van der Waals surface area contributed by atoms with E-state index < -0.39 is 0 Å². The van der Waals surface area contributed by atoms with Gasteiger partial charge in [0.15, 0.2) is 0 Å². The van der Waals surface area contributed by atoms with Crippen LogP contribution in [-0.2, 0) is 0 Å². The Balaban J connectivity index is 2.01. The fourth-order valence-electron chi connectivity index (χ4n) is 1.93. The summed E-state index contributed by atoms with van der Waals surface area (Å²) < 4.78 is 14.3. The molecule has 5 heteroatoms. The topological polar surface area (TPSA) is 38.3 Å². The summed E-state index contributed by atoms with van der Waals surface area (Å²) in [4.78, 5) is 2.29. The molecule has 0 aliphatic carbocycles. The normalized spacial score (nSPS) is 17.1. The molecule has 0 saturated carbocycles. The van der Waals surface area contributed by atoms with Crippen molar-refractivity contribution in [2.75, 3.05) is 26.7 Å². The molecule has 18 heavy (non-hydrogen) atoms. The third-order valence-electron chi connectivity index (χ3n) is 2.86. The summed E-state index contributed by atoms with van der Waals surface area (Å²) >= 11 is 1.22. The number of likely N-dealkylation sites (N-methyl/N-ethyl adjacent to an activating group) is 1. The van der Waals surface area contributed by atoms with Gasteiger partial charge in [0.1, 0.15) is 5.69 Å². The fourth-order valence-corrected chi connectivity index (χ4v) is 2.46. The average Bonchev–Trinajstić information content (AvgIpc) is 2.83. The van der Waals surface area contributed by atoms with Gasteiger partial charge in [-0.3, -0.25) is 0 Å². The predicted octanol–water partition coefficient (Wildman–Crippen LogP) is 2.60. The van der Waals surface area contributed by atoms with Gasteiger partial charge in [0, 0.05) is 13.1 Å². The molecule has 1 aliphatic heterocycles. The van der Waals surface area contributed by atoms with Crippen molar-refractivity contribution in [1.29, 1.82) is 0 Å². The highest BCUT2D eigenvalue weighted by atomic mass is 32.1. The number of ether oxygens (including phenoxy) is 1. The molecule has 2 heterocycles. The molecule has 0 aromatic carbocycles. The molecule has 0 radical (unpaired) electrons. The summed E-state index contributed by atoms with van der Waals surface area (Å²) in [5, 5.41) is 0. The van der Waals surface area contributed by atoms with Gasteiger partial charge in [-0.05, 0) is 32.4 Å². The first-order valence-corrected chi connectivity index (χ1v) is 6.98. The second kappa shape index (κ2) is 6.66. The van der Waals surface area contributed by atoms with Gasteiger partial charge in [-0.25, -0.2) is 0 Å². The molecule has 0 N–H and O–H groups in total. The number of hydrogen-bond donors (Lipinski definition) is 0. The maximum Gasteiger partial charge on any atom is 0.253 e. The minimum absolute atomic E-state index is 0.659. The Hall–Kier alpha value is -1.20. The molecule has 0 fully saturated rings. The molecular weight excluding hydrogens is 246 g/mol. The summed E-state index contributed by atoms with van der Waals surface area (Å²) in [6.07, 6.45) is 8.35. The van der Waals surface area contributed by atoms with Crippen LogP contribution in [0.15, 0.2) is 18.2 Å². The van der Waals surface area contributed by atoms with E-state index in [2.05, 4.69) is 32.8 Å². The second-order valence-electron chi connectivity index (χ2n) is 4.38. The Labute approximate surface area is 112 Å². The van der Waals surface area contributed by atoms with Crippen LogP contribution in [0.1, 0.15) is 25.5 Å². The van der Waals surface area contributed by atoms with E-state index >= 15 is 0 Å². The zero-order valence-corrected chi connectivity index (χ0v) is 11.7. The van der Waals surface area contributed by atoms with Crippen molar-refractivity contribution < 1.29 is 4.74 Å². The van der Waals surface area contributed by atoms with Crippen LogP contribution in [0.4, 0.5) is 0 Å². The molecule has 0 amide bonds. The highest BCUT2D eigenvalue weighted by Crippen LogP contribution is 2.26. The van der Waals surface area contributed by atoms with Gasteiger partial charge in [-0.15, -0.1) is 4.37 Å². The molecular formula is C13H19N3OS. The fraction of sp³-hybridized carbons (Fsp3) is 0.538. The van der Waals surface area contributed by atoms with Crippen LogP contribution in [0, 0.1) is 0 Å². The Morgan fingerprint density at radius 1 is 1.50 bits per heavy atom. The largest absolute Gasteiger partial charge is 0.475 e. The molecule has 0 bridgehead atoms. The van der Waals surface area contributed by atoms with Crippen LogP contribution in [-0.4, -0.2) is 40.4 Å². The first kappa shape index (κ1) is 13.2. The minimum atomic E-state index is 0.659. The van der Waals surface area contributed by atoms with Gasteiger partial charge in [-0.1, -0.05) is 18.2 Å². The standard InChI is InChI=1S/C13H19N3OS/c1-3-4-5-9-17-13-12(14-18-15-13)11-7-6-8-16(2)10-11/h3-4,7H,5-6,8-10H2,1-2H3. The van der Waals surface area contributed by atoms with E-state index in [0.717, 1.165) is 31.6 Å². The molecule has 1 aromatic heterocycles. The molecule has 1 aromatic rings. The summed E-state index contributed by atoms with van der Waals surface area (Å²) in [5.41, 5.74) is 2.16. The molecule has 0 unspecified atom stereocenters. The summed E-state index contributed by atoms with van der Waals surface area (Å²) in [6.45, 7) is 4.71. The van der Waals surface area contributed by atoms with E-state index in [1.54, 1.807) is 0 Å². The lowest BCUT2D eigenvalue weighted by Crippen LogP contribution is -2.25. The SMILES string of the molecule is CC=CCCOc1nsnc1C1=CCCN(C)C1. The monoisotopic (exact) mass is 265 g/mol. The Morgan fingerprint density at radius 2 is 2.39 bits per heavy atom. The van der Waals surface area contributed by atoms with E-state index in [4.69, 9.17) is 4.74 Å². The third-order valence-corrected chi connectivity index (χ3v) is 3.38. The number of hydrogen-bond acceptors (Lipinski definition) is 5. The van der Waals surface area contributed by atoms with Gasteiger partial charge in [-0.2, -0.15) is 4.37 Å². The molecule has 0 saturated heterocycles. The highest BCUT2D eigenvalue weighted by Gasteiger charge is 2.18. The minimum Gasteiger partial charge on any atom is -0.475 e. The number of nitrogens with zero attached hydrogens (tertiary/aromatic N) is 3. The third kappa shape index (κ3) is 3.40. The van der Waals surface area contributed by atoms with E-state index in [0.29, 0.717) is 12.5 Å². The van der Waals surface area contributed by atoms with Crippen molar-refractivity contribution in [3.63, 3.8) is 0 Å². The molecule has 4 nitrogen and oxygen atoms in total. The van der Waals surface area contributed by atoms with Crippen molar-refractivity contribution in [3.8, 4) is 5.88 Å². The van der Waals surface area contributed by atoms with Gasteiger partial charge >= 0.3 is 0 Å². The number of allylic oxidation sites excluding steroid dienone is 1. The van der Waals surface area contributed by atoms with Crippen molar-refractivity contribution in [2.24, 2.45) is 0 Å². The lowest BCUT2D eigenvalue weighted by molar-refractivity contribution is 0.313. The zero-order chi connectivity index (χ0) is 12.8. The van der Waals surface area contributed by atoms with Gasteiger partial charge in [0.2, 0.25) is 0 Å². The van der Waals surface area contributed by atoms with Crippen molar-refractivity contribution in [1.82, 2.24) is 13.6 Å². The average molecular weight is 265 g/mol. The van der Waals surface area contributed by atoms with Crippen LogP contribution in [0.5, 0.6) is 5.88 Å². The van der Waals surface area contributed by atoms with Gasteiger partial charge in [0.05, 0.1) is 18.3 Å². The highest BCUT2D eigenvalue weighted by molar-refractivity contribution is 6.99. The molecule has 2 rings (SSSR count). The Bertz CT molecular complexity index is 439. The quantitative estimate of drug-likeness (QED) is 0.606. The zero-order valence-electron chi connectivity index (χ0n) is 10.9. The molecule has 1 aliphatic rings. The van der Waals surface area contributed by atoms with Crippen LogP contribution < -0.4 is 4.74 Å². The predicted molar refractivity (Wildman–Crippen MR) is 74.9 cm³/mol. The Kier molecular flexibility index (Phi) is 4.90. The summed E-state index contributed by atoms with van der Waals surface area (Å²) in [6, 6.07) is 0. The van der Waals surface area contributed by atoms with Crippen LogP contribution in [0.2, 0.25) is 0 Å². The van der Waals surface area contributed by atoms with Gasteiger partial charge < -0.3 is 9.64 Å². The first-order chi connectivity index (χ1) is 8.81. The van der Waals surface area contributed by atoms with E-state index in [-0.39, 0.29) is 0 Å². The smallest absolute Gasteiger partial charge is 0.253 e. The second-order valence-corrected chi connectivity index (χ2v) is 4.91. The van der Waals surface area contributed by atoms with E-state index in [9.17, 15) is 0 Å². The van der Waals surface area contributed by atoms with Crippen LogP contribution in [0.3, 0.4) is 0 Å². The molecule has 98 valence electrons. The first-order valence-electron chi connectivity index (χ1n) is 6.25. The van der Waals surface area contributed by atoms with Gasteiger partial charge in [0.25, 0.3) is 5.88 Å². The van der Waals surface area contributed by atoms with Crippen LogP contribution in [0.25, 0.3) is 5.57 Å². The lowest BCUT2D eigenvalue weighted by Gasteiger charge is -2.22. The van der Waals surface area contributed by atoms with Crippen LogP contribution >= 0.6 is 11.7 Å². The Morgan fingerprint density at radius 3 is 3.17 bits per heavy atom.